The Balaban J connectivity index is 1.26. The van der Waals surface area contributed by atoms with E-state index < -0.39 is 45.0 Å². The number of aromatic amines is 1. The largest absolute Gasteiger partial charge is 0.454 e. The van der Waals surface area contributed by atoms with Crippen molar-refractivity contribution in [2.24, 2.45) is 0 Å². The zero-order valence-corrected chi connectivity index (χ0v) is 24.2. The molecule has 11 nitrogen and oxygen atoms in total. The maximum absolute atomic E-state index is 15.3. The number of hydrogen-bond acceptors (Lipinski definition) is 7. The van der Waals surface area contributed by atoms with Crippen LogP contribution in [0.15, 0.2) is 54.7 Å². The number of nitrogens with one attached hydrogen (secondary N) is 2. The lowest BCUT2D eigenvalue weighted by Crippen LogP contribution is -2.43. The third kappa shape index (κ3) is 5.70. The molecule has 2 aromatic heterocycles. The van der Waals surface area contributed by atoms with E-state index in [1.54, 1.807) is 0 Å². The van der Waals surface area contributed by atoms with Gasteiger partial charge in [0.2, 0.25) is 11.6 Å². The van der Waals surface area contributed by atoms with Crippen molar-refractivity contribution in [1.29, 1.82) is 0 Å². The number of aryl methyl sites for hydroxylation is 1. The van der Waals surface area contributed by atoms with E-state index in [1.165, 1.54) is 37.3 Å². The van der Waals surface area contributed by atoms with Crippen LogP contribution in [0, 0.1) is 30.2 Å². The lowest BCUT2D eigenvalue weighted by atomic mass is 10.1. The highest BCUT2D eigenvalue weighted by atomic mass is 32.2. The zero-order chi connectivity index (χ0) is 32.0. The normalized spacial score (nSPS) is 14.2. The van der Waals surface area contributed by atoms with Crippen LogP contribution >= 0.6 is 0 Å². The van der Waals surface area contributed by atoms with Gasteiger partial charge < -0.3 is 20.2 Å². The Morgan fingerprint density at radius 3 is 2.53 bits per heavy atom. The molecular formula is C29H24F4N6O5S. The smallest absolute Gasteiger partial charge is 0.301 e. The third-order valence-electron chi connectivity index (χ3n) is 7.14. The second kappa shape index (κ2) is 11.5. The maximum atomic E-state index is 15.3. The van der Waals surface area contributed by atoms with Crippen LogP contribution < -0.4 is 15.2 Å². The SMILES string of the molecule is Cc1cc(Oc2cccc(F)c2F)cc(F)c1-n1ncc(C(=O)c2cc3cc(F)c(NS(=O)(=O)N4CCOCC4)cc3[nH]2)c1N. The van der Waals surface area contributed by atoms with E-state index in [4.69, 9.17) is 15.2 Å². The van der Waals surface area contributed by atoms with Gasteiger partial charge in [0.25, 0.3) is 0 Å². The highest BCUT2D eigenvalue weighted by molar-refractivity contribution is 7.90. The van der Waals surface area contributed by atoms with Crippen molar-refractivity contribution in [3.63, 3.8) is 0 Å². The molecule has 1 saturated heterocycles. The molecule has 5 aromatic rings. The van der Waals surface area contributed by atoms with Crippen molar-refractivity contribution >= 4 is 38.4 Å². The number of anilines is 2. The van der Waals surface area contributed by atoms with E-state index in [-0.39, 0.29) is 77.0 Å². The molecule has 0 spiro atoms. The minimum absolute atomic E-state index is 0.0121. The number of ether oxygens (including phenoxy) is 2. The summed E-state index contributed by atoms with van der Waals surface area (Å²) in [5.74, 6) is -5.50. The standard InChI is InChI=1S/C29H24F4N6O5S/c1-15-9-17(44-25-4-2-3-19(30)26(25)33)12-21(32)27(15)39-29(34)18(14-35-39)28(40)24-11-16-10-20(31)23(13-22(16)36-24)37-45(41,42)38-5-7-43-8-6-38/h2-4,9-14,36-37H,5-8,34H2,1H3. The number of nitrogen functional groups attached to an aromatic ring is 1. The van der Waals surface area contributed by atoms with Crippen LogP contribution in [0.3, 0.4) is 0 Å². The van der Waals surface area contributed by atoms with E-state index in [0.717, 1.165) is 33.4 Å². The molecule has 3 heterocycles. The topological polar surface area (TPSA) is 145 Å². The predicted octanol–water partition coefficient (Wildman–Crippen LogP) is 4.81. The number of nitrogens with zero attached hydrogens (tertiary/aromatic N) is 3. The van der Waals surface area contributed by atoms with Crippen molar-refractivity contribution in [3.8, 4) is 17.2 Å². The highest BCUT2D eigenvalue weighted by Crippen LogP contribution is 2.32. The van der Waals surface area contributed by atoms with Crippen molar-refractivity contribution in [2.75, 3.05) is 36.8 Å². The van der Waals surface area contributed by atoms with Gasteiger partial charge >= 0.3 is 10.2 Å². The fourth-order valence-corrected chi connectivity index (χ4v) is 6.12. The van der Waals surface area contributed by atoms with Gasteiger partial charge in [-0.2, -0.15) is 22.2 Å². The van der Waals surface area contributed by atoms with Gasteiger partial charge in [0.05, 0.1) is 36.4 Å². The molecular weight excluding hydrogens is 620 g/mol. The molecule has 6 rings (SSSR count). The summed E-state index contributed by atoms with van der Waals surface area (Å²) in [6.45, 7) is 2.17. The fraction of sp³-hybridized carbons (Fsp3) is 0.172. The Morgan fingerprint density at radius 2 is 1.80 bits per heavy atom. The number of fused-ring (bicyclic) bond motifs is 1. The lowest BCUT2D eigenvalue weighted by Gasteiger charge is -2.26. The fourth-order valence-electron chi connectivity index (χ4n) is 4.92. The molecule has 4 N–H and O–H groups in total. The zero-order valence-electron chi connectivity index (χ0n) is 23.4. The third-order valence-corrected chi connectivity index (χ3v) is 8.66. The summed E-state index contributed by atoms with van der Waals surface area (Å²) < 4.78 is 98.1. The van der Waals surface area contributed by atoms with Crippen LogP contribution in [0.25, 0.3) is 16.6 Å². The number of morpholine rings is 1. The Hall–Kier alpha value is -4.93. The Bertz CT molecular complexity index is 2050. The van der Waals surface area contributed by atoms with E-state index >= 15 is 4.39 Å². The molecule has 234 valence electrons. The molecule has 1 fully saturated rings. The second-order valence-electron chi connectivity index (χ2n) is 10.1. The average Bonchev–Trinajstić information content (AvgIpc) is 3.58. The minimum Gasteiger partial charge on any atom is -0.454 e. The van der Waals surface area contributed by atoms with Crippen LogP contribution in [-0.2, 0) is 14.9 Å². The van der Waals surface area contributed by atoms with Gasteiger partial charge in [0.1, 0.15) is 23.1 Å². The summed E-state index contributed by atoms with van der Waals surface area (Å²) in [5, 5.41) is 4.36. The Morgan fingerprint density at radius 1 is 1.04 bits per heavy atom. The minimum atomic E-state index is -4.05. The van der Waals surface area contributed by atoms with Crippen molar-refractivity contribution < 1.29 is 40.2 Å². The van der Waals surface area contributed by atoms with Crippen molar-refractivity contribution in [2.45, 2.75) is 6.92 Å². The highest BCUT2D eigenvalue weighted by Gasteiger charge is 2.27. The van der Waals surface area contributed by atoms with Crippen LogP contribution in [0.1, 0.15) is 21.6 Å². The molecule has 0 radical (unpaired) electrons. The monoisotopic (exact) mass is 644 g/mol. The van der Waals surface area contributed by atoms with Crippen molar-refractivity contribution in [1.82, 2.24) is 19.1 Å². The first-order valence-electron chi connectivity index (χ1n) is 13.4. The van der Waals surface area contributed by atoms with Crippen LogP contribution in [-0.4, -0.2) is 59.6 Å². The summed E-state index contributed by atoms with van der Waals surface area (Å²) in [6.07, 6.45) is 1.14. The van der Waals surface area contributed by atoms with Gasteiger partial charge in [0.15, 0.2) is 17.4 Å². The second-order valence-corrected chi connectivity index (χ2v) is 11.8. The number of aromatic nitrogens is 3. The number of halogens is 4. The number of nitrogens with two attached hydrogens (primary N) is 1. The Kier molecular flexibility index (Phi) is 7.72. The van der Waals surface area contributed by atoms with E-state index in [9.17, 15) is 26.4 Å². The lowest BCUT2D eigenvalue weighted by molar-refractivity contribution is 0.0733. The molecule has 0 aliphatic carbocycles. The molecule has 0 saturated carbocycles. The first kappa shape index (κ1) is 30.1. The van der Waals surface area contributed by atoms with Crippen molar-refractivity contribution in [3.05, 3.63) is 94.8 Å². The molecule has 3 aromatic carbocycles. The molecule has 45 heavy (non-hydrogen) atoms. The molecule has 0 bridgehead atoms. The molecule has 0 atom stereocenters. The summed E-state index contributed by atoms with van der Waals surface area (Å²) >= 11 is 0. The van der Waals surface area contributed by atoms with Crippen LogP contribution in [0.5, 0.6) is 11.5 Å². The van der Waals surface area contributed by atoms with Gasteiger partial charge in [-0.15, -0.1) is 0 Å². The number of carbonyl (C=O) groups excluding carboxylic acids is 1. The first-order chi connectivity index (χ1) is 21.4. The summed E-state index contributed by atoms with van der Waals surface area (Å²) in [5.41, 5.74) is 6.19. The number of H-pyrrole nitrogens is 1. The summed E-state index contributed by atoms with van der Waals surface area (Å²) in [4.78, 5) is 16.2. The van der Waals surface area contributed by atoms with Gasteiger partial charge in [-0.05, 0) is 48.9 Å². The number of ketones is 1. The van der Waals surface area contributed by atoms with Gasteiger partial charge in [-0.1, -0.05) is 6.07 Å². The first-order valence-corrected chi connectivity index (χ1v) is 14.9. The van der Waals surface area contributed by atoms with Crippen LogP contribution in [0.2, 0.25) is 0 Å². The molecule has 1 aliphatic rings. The number of hydrogen-bond donors (Lipinski definition) is 3. The Labute approximate surface area is 253 Å². The number of benzene rings is 3. The van der Waals surface area contributed by atoms with Gasteiger partial charge in [0, 0.05) is 30.1 Å². The predicted molar refractivity (Wildman–Crippen MR) is 156 cm³/mol. The number of rotatable bonds is 8. The van der Waals surface area contributed by atoms with Crippen LogP contribution in [0.4, 0.5) is 29.1 Å². The quantitative estimate of drug-likeness (QED) is 0.162. The van der Waals surface area contributed by atoms with E-state index in [1.807, 2.05) is 0 Å². The molecule has 0 amide bonds. The van der Waals surface area contributed by atoms with Gasteiger partial charge in [-0.3, -0.25) is 9.52 Å². The molecule has 1 aliphatic heterocycles. The summed E-state index contributed by atoms with van der Waals surface area (Å²) in [7, 11) is -4.05. The number of carbonyl (C=O) groups is 1. The summed E-state index contributed by atoms with van der Waals surface area (Å²) in [6, 6.07) is 9.31. The molecule has 16 heteroatoms. The maximum Gasteiger partial charge on any atom is 0.301 e. The van der Waals surface area contributed by atoms with E-state index in [2.05, 4.69) is 14.8 Å². The van der Waals surface area contributed by atoms with E-state index in [0.29, 0.717) is 0 Å². The van der Waals surface area contributed by atoms with Gasteiger partial charge in [-0.25, -0.2) is 17.9 Å². The molecule has 0 unspecified atom stereocenters. The average molecular weight is 645 g/mol.